The number of rotatable bonds is 35. The average Bonchev–Trinajstić information content (AvgIpc) is 1.65. The minimum absolute atomic E-state index is 0.0375. The van der Waals surface area contributed by atoms with Crippen LogP contribution in [0.3, 0.4) is 0 Å². The third-order valence-electron chi connectivity index (χ3n) is 30.3. The molecule has 14 N–H and O–H groups in total. The number of benzene rings is 5. The Morgan fingerprint density at radius 2 is 0.680 bits per heavy atom. The first-order valence-corrected chi connectivity index (χ1v) is 56.9. The molecule has 4 aliphatic carbocycles. The van der Waals surface area contributed by atoms with Crippen molar-refractivity contribution in [2.75, 3.05) is 73.9 Å². The van der Waals surface area contributed by atoms with E-state index in [4.69, 9.17) is 5.73 Å². The van der Waals surface area contributed by atoms with Crippen LogP contribution in [0.1, 0.15) is 231 Å². The zero-order chi connectivity index (χ0) is 106. The summed E-state index contributed by atoms with van der Waals surface area (Å²) in [5, 5.41) is 48.2. The second-order valence-electron chi connectivity index (χ2n) is 40.1. The van der Waals surface area contributed by atoms with Gasteiger partial charge in [-0.1, -0.05) is 251 Å². The number of nitrogens with one attached hydrogen (secondary N) is 12. The average molecular weight is 2120 g/mol. The maximum Gasteiger partial charge on any atom is 0.257 e. The van der Waals surface area contributed by atoms with Crippen LogP contribution in [0.2, 0.25) is 0 Å². The Morgan fingerprint density at radius 1 is 0.353 bits per heavy atom. The lowest BCUT2D eigenvalue weighted by Gasteiger charge is -2.35. The molecule has 39 heteroatoms. The van der Waals surface area contributed by atoms with E-state index in [9.17, 15) is 62.3 Å². The number of aromatic nitrogens is 5. The van der Waals surface area contributed by atoms with Crippen LogP contribution in [0.4, 0.5) is 25.8 Å². The molecule has 13 amide bonds. The number of likely N-dealkylation sites (tertiary alicyclic amines) is 4. The van der Waals surface area contributed by atoms with E-state index in [0.29, 0.717) is 114 Å². The Labute approximate surface area is 894 Å². The van der Waals surface area contributed by atoms with Gasteiger partial charge in [0.1, 0.15) is 80.4 Å². The molecule has 9 aromatic rings. The zero-order valence-corrected chi connectivity index (χ0v) is 90.2. The van der Waals surface area contributed by atoms with Crippen LogP contribution in [0.25, 0.3) is 44.2 Å². The fraction of sp³-hybridized carbons (Fsp3) is 0.514. The van der Waals surface area contributed by atoms with Crippen molar-refractivity contribution >= 4 is 148 Å². The Bertz CT molecular complexity index is 5790. The standard InChI is InChI=1S/C33H40N6O4S.C27H36N4O3S.C26H36N6O3S.C25H34N6O3S/c1-21(34-2)28(40)35-27(23-15-8-4-9-16-23)32(43)39-20-12-19-25(39)30(42)37-31-26(22-13-6-3-7-14-22)36-33(44-31)38-29(41)24-17-10-5-11-18-24;1-18(28-2)25(32)30-23(19-10-5-3-6-11-19)27(34)31-16-9-14-22(31)26(33)29-21-15-17-35-24(21)20-12-7-4-8-13-20;1-3-19(27-2)23(33)28-22(18-13-8-5-9-14-18)26(35)32-16-10-15-20(32)24(34)29-25-21(30-31-36-25)17-11-6-4-7-12-17;1-2-18(26)22(32)27-21(17-12-7-4-8-13-17)25(34)31-15-9-14-19(31)23(33)28-24-20(29-30-35-24)16-10-5-3-6-11-16/h3,5-7,10-11,13-14,17-18,21,23,25,27,34H,4,8-9,12,15-16,19-20H2,1-2H3,(H,35,40)(H,37,42)(H,36,38,41);4,7-8,12-13,15,17-19,22-23,28H,3,5-6,9-11,14,16H2,1-2H3,(H,29,33)(H,30,32);4,6-7,11-12,18-20,22,27H,3,5,8-10,13-16H2,1-2H3,(H,28,33)(H,29,34);3,5-6,10-11,17-19,21H,2,4,7-9,12-15,26H2,1H3,(H,27,32)(H,28,33)/t21-,25-,27-;18-,22-,23-;19-,20-,22-;18-,19-,21-/m0000/s1. The van der Waals surface area contributed by atoms with Gasteiger partial charge in [0.05, 0.1) is 34.7 Å². The van der Waals surface area contributed by atoms with Gasteiger partial charge in [-0.2, -0.15) is 0 Å². The van der Waals surface area contributed by atoms with E-state index >= 15 is 0 Å². The van der Waals surface area contributed by atoms with E-state index in [2.05, 4.69) is 88.0 Å². The van der Waals surface area contributed by atoms with Crippen LogP contribution < -0.4 is 69.5 Å². The molecule has 4 aliphatic heterocycles. The van der Waals surface area contributed by atoms with Crippen molar-refractivity contribution in [3.8, 4) is 44.2 Å². The molecule has 0 unspecified atom stereocenters. The number of carbonyl (C=O) groups excluding carboxylic acids is 13. The van der Waals surface area contributed by atoms with E-state index in [-0.39, 0.29) is 113 Å². The van der Waals surface area contributed by atoms with Gasteiger partial charge < -0.3 is 83.8 Å². The van der Waals surface area contributed by atoms with Crippen molar-refractivity contribution in [1.29, 1.82) is 0 Å². The minimum atomic E-state index is -0.680. The summed E-state index contributed by atoms with van der Waals surface area (Å²) in [6, 6.07) is 42.6. The molecule has 150 heavy (non-hydrogen) atoms. The van der Waals surface area contributed by atoms with Crippen molar-refractivity contribution in [3.63, 3.8) is 0 Å². The lowest BCUT2D eigenvalue weighted by molar-refractivity contribution is -0.142. The number of likely N-dealkylation sites (N-methyl/N-ethyl adjacent to an activating group) is 3. The largest absolute Gasteiger partial charge is 0.343 e. The number of anilines is 5. The van der Waals surface area contributed by atoms with Crippen molar-refractivity contribution in [2.45, 2.75) is 293 Å². The van der Waals surface area contributed by atoms with Crippen LogP contribution in [-0.4, -0.2) is 240 Å². The quantitative estimate of drug-likeness (QED) is 0.0175. The molecule has 8 fully saturated rings. The topological polar surface area (TPSA) is 470 Å². The monoisotopic (exact) mass is 2120 g/mol. The van der Waals surface area contributed by atoms with Gasteiger partial charge >= 0.3 is 0 Å². The number of thiazole rings is 1. The number of nitrogens with zero attached hydrogens (tertiary/aromatic N) is 9. The second kappa shape index (κ2) is 56.6. The van der Waals surface area contributed by atoms with Gasteiger partial charge in [0.15, 0.2) is 5.13 Å². The molecule has 4 saturated carbocycles. The number of amides is 13. The fourth-order valence-electron chi connectivity index (χ4n) is 21.5. The molecule has 8 heterocycles. The molecular formula is C111H146N22O13S4. The second-order valence-corrected chi connectivity index (χ2v) is 43.5. The maximum absolute atomic E-state index is 14.1. The lowest BCUT2D eigenvalue weighted by atomic mass is 9.83. The van der Waals surface area contributed by atoms with Gasteiger partial charge in [0.25, 0.3) is 5.91 Å². The predicted octanol–water partition coefficient (Wildman–Crippen LogP) is 14.8. The van der Waals surface area contributed by atoms with Crippen molar-refractivity contribution < 1.29 is 62.3 Å². The normalized spacial score (nSPS) is 19.7. The van der Waals surface area contributed by atoms with E-state index < -0.39 is 60.4 Å². The molecule has 12 atom stereocenters. The number of carbonyl (C=O) groups is 13. The number of nitrogens with two attached hydrogens (primary N) is 1. The fourth-order valence-corrected chi connectivity index (χ4v) is 24.4. The summed E-state index contributed by atoms with van der Waals surface area (Å²) in [6.07, 6.45) is 26.5. The summed E-state index contributed by atoms with van der Waals surface area (Å²) >= 11 is 5.00. The third kappa shape index (κ3) is 29.7. The number of hydrogen-bond donors (Lipinski definition) is 13. The molecule has 0 bridgehead atoms. The summed E-state index contributed by atoms with van der Waals surface area (Å²) in [7, 11) is 5.20. The first kappa shape index (κ1) is 113. The van der Waals surface area contributed by atoms with Crippen LogP contribution in [0.15, 0.2) is 163 Å². The maximum atomic E-state index is 14.1. The van der Waals surface area contributed by atoms with E-state index in [1.807, 2.05) is 153 Å². The van der Waals surface area contributed by atoms with Gasteiger partial charge in [0.2, 0.25) is 70.9 Å². The number of hydrogen-bond acceptors (Lipinski definition) is 26. The highest BCUT2D eigenvalue weighted by Gasteiger charge is 2.48. The molecule has 0 radical (unpaired) electrons. The van der Waals surface area contributed by atoms with Crippen LogP contribution >= 0.6 is 45.7 Å². The Kier molecular flexibility index (Phi) is 42.6. The number of thiophene rings is 1. The highest BCUT2D eigenvalue weighted by molar-refractivity contribution is 7.20. The lowest BCUT2D eigenvalue weighted by Crippen LogP contribution is -2.58. The minimum Gasteiger partial charge on any atom is -0.343 e. The molecule has 4 aromatic heterocycles. The van der Waals surface area contributed by atoms with Crippen LogP contribution in [0.5, 0.6) is 0 Å². The van der Waals surface area contributed by atoms with Gasteiger partial charge in [-0.25, -0.2) is 4.98 Å². The molecule has 8 aliphatic rings. The Hall–Kier alpha value is -12.5. The molecule has 35 nitrogen and oxygen atoms in total. The van der Waals surface area contributed by atoms with Crippen LogP contribution in [-0.2, 0) is 57.5 Å². The van der Waals surface area contributed by atoms with Gasteiger partial charge in [-0.05, 0) is 203 Å². The summed E-state index contributed by atoms with van der Waals surface area (Å²) in [5.41, 5.74) is 12.6. The van der Waals surface area contributed by atoms with E-state index in [0.717, 1.165) is 204 Å². The summed E-state index contributed by atoms with van der Waals surface area (Å²) < 4.78 is 8.05. The third-order valence-corrected chi connectivity index (χ3v) is 33.4. The van der Waals surface area contributed by atoms with E-state index in [1.165, 1.54) is 11.3 Å². The van der Waals surface area contributed by atoms with Crippen molar-refractivity contribution in [2.24, 2.45) is 29.4 Å². The first-order chi connectivity index (χ1) is 72.9. The van der Waals surface area contributed by atoms with E-state index in [1.54, 1.807) is 90.2 Å². The van der Waals surface area contributed by atoms with Crippen LogP contribution in [0, 0.1) is 23.7 Å². The summed E-state index contributed by atoms with van der Waals surface area (Å²) in [5.74, 6) is -2.49. The molecule has 17 rings (SSSR count). The van der Waals surface area contributed by atoms with Gasteiger partial charge in [-0.3, -0.25) is 67.6 Å². The van der Waals surface area contributed by atoms with Crippen molar-refractivity contribution in [3.05, 3.63) is 169 Å². The highest BCUT2D eigenvalue weighted by atomic mass is 32.1. The zero-order valence-electron chi connectivity index (χ0n) is 86.9. The summed E-state index contributed by atoms with van der Waals surface area (Å²) in [4.78, 5) is 186. The Balaban J connectivity index is 0.000000158. The molecule has 4 saturated heterocycles. The predicted molar refractivity (Wildman–Crippen MR) is 588 cm³/mol. The SMILES string of the molecule is CC[C@H](N)C(=O)N[C@H](C(=O)N1CCC[C@H]1C(=O)Nc1snnc1-c1ccccc1)C1CCCCC1.CC[C@H](NC)C(=O)N[C@H](C(=O)N1CCC[C@H]1C(=O)Nc1snnc1-c1ccccc1)C1CCCCC1.CN[C@@H](C)C(=O)N[C@H](C(=O)N1CCC[C@H]1C(=O)Nc1ccsc1-c1ccccc1)C1CCCCC1.CN[C@@H](C)C(=O)N[C@H](C(=O)N1CCC[C@H]1C(=O)Nc1sc(NC(=O)c2ccccc2)nc1-c1ccccc1)C1CCCCC1. The van der Waals surface area contributed by atoms with Gasteiger partial charge in [0, 0.05) is 71.5 Å². The Morgan fingerprint density at radius 3 is 1.03 bits per heavy atom. The molecule has 0 spiro atoms. The van der Waals surface area contributed by atoms with Gasteiger partial charge in [-0.15, -0.1) is 21.5 Å². The molecule has 802 valence electrons. The summed E-state index contributed by atoms with van der Waals surface area (Å²) in [6.45, 7) is 9.32. The van der Waals surface area contributed by atoms with Crippen molar-refractivity contribution in [1.82, 2.24) is 81.0 Å². The smallest absolute Gasteiger partial charge is 0.257 e. The highest BCUT2D eigenvalue weighted by Crippen LogP contribution is 2.42. The molecule has 5 aromatic carbocycles. The molecular weight excluding hydrogens is 1980 g/mol. The first-order valence-electron chi connectivity index (χ1n) is 53.6.